The van der Waals surface area contributed by atoms with Crippen LogP contribution in [0.1, 0.15) is 11.9 Å². The van der Waals surface area contributed by atoms with E-state index in [9.17, 15) is 4.79 Å². The van der Waals surface area contributed by atoms with Crippen molar-refractivity contribution in [3.8, 4) is 22.5 Å². The van der Waals surface area contributed by atoms with Crippen LogP contribution in [0.2, 0.25) is 0 Å². The van der Waals surface area contributed by atoms with Crippen LogP contribution in [0.5, 0.6) is 0 Å². The molecule has 2 heterocycles. The Morgan fingerprint density at radius 2 is 1.57 bits per heavy atom. The van der Waals surface area contributed by atoms with Crippen LogP contribution in [0, 0.1) is 0 Å². The number of nitrogens with one attached hydrogen (secondary N) is 1. The van der Waals surface area contributed by atoms with Crippen molar-refractivity contribution in [3.05, 3.63) is 65.7 Å². The molecule has 0 unspecified atom stereocenters. The Kier molecular flexibility index (Phi) is 6.41. The lowest BCUT2D eigenvalue weighted by Gasteiger charge is -2.09. The Bertz CT molecular complexity index is 1130. The molecule has 0 saturated heterocycles. The molecule has 4 aromatic rings. The highest BCUT2D eigenvalue weighted by atomic mass is 32.2. The van der Waals surface area contributed by atoms with Gasteiger partial charge in [-0.1, -0.05) is 90.7 Å². The normalized spacial score (nSPS) is 10.7. The number of hydrogen-bond acceptors (Lipinski definition) is 8. The summed E-state index contributed by atoms with van der Waals surface area (Å²) < 4.78 is 0. The molecule has 1 amide bonds. The summed E-state index contributed by atoms with van der Waals surface area (Å²) in [6.45, 7) is 2.00. The summed E-state index contributed by atoms with van der Waals surface area (Å²) in [6.07, 6.45) is 0.790. The second-order valence-corrected chi connectivity index (χ2v) is 8.22. The van der Waals surface area contributed by atoms with Crippen LogP contribution in [0.15, 0.2) is 65.8 Å². The summed E-state index contributed by atoms with van der Waals surface area (Å²) in [4.78, 5) is 17.0. The first-order valence-electron chi connectivity index (χ1n) is 9.33. The summed E-state index contributed by atoms with van der Waals surface area (Å²) in [5.41, 5.74) is 3.32. The van der Waals surface area contributed by atoms with E-state index in [4.69, 9.17) is 4.98 Å². The number of rotatable bonds is 7. The van der Waals surface area contributed by atoms with Crippen molar-refractivity contribution in [2.75, 3.05) is 11.1 Å². The minimum atomic E-state index is -0.184. The maximum Gasteiger partial charge on any atom is 0.236 e. The number of hydrogen-bond donors (Lipinski definition) is 1. The van der Waals surface area contributed by atoms with Crippen LogP contribution in [-0.2, 0) is 11.2 Å². The van der Waals surface area contributed by atoms with Crippen LogP contribution in [0.4, 0.5) is 5.13 Å². The van der Waals surface area contributed by atoms with Crippen LogP contribution in [0.3, 0.4) is 0 Å². The fraction of sp³-hybridized carbons (Fsp3) is 0.143. The lowest BCUT2D eigenvalue weighted by Crippen LogP contribution is -2.14. The average molecular weight is 435 g/mol. The van der Waals surface area contributed by atoms with Crippen LogP contribution < -0.4 is 5.32 Å². The quantitative estimate of drug-likeness (QED) is 0.432. The molecule has 0 radical (unpaired) electrons. The zero-order valence-corrected chi connectivity index (χ0v) is 17.8. The Balaban J connectivity index is 1.53. The summed E-state index contributed by atoms with van der Waals surface area (Å²) in [6, 6.07) is 19.7. The zero-order valence-electron chi connectivity index (χ0n) is 16.1. The Morgan fingerprint density at radius 3 is 2.20 bits per heavy atom. The van der Waals surface area contributed by atoms with Gasteiger partial charge in [-0.25, -0.2) is 4.98 Å². The summed E-state index contributed by atoms with van der Waals surface area (Å²) in [5, 5.41) is 21.2. The molecule has 0 aliphatic carbocycles. The molecule has 30 heavy (non-hydrogen) atoms. The second kappa shape index (κ2) is 9.55. The Morgan fingerprint density at radius 1 is 0.900 bits per heavy atom. The van der Waals surface area contributed by atoms with E-state index in [2.05, 4.69) is 25.7 Å². The first-order valence-corrected chi connectivity index (χ1v) is 11.1. The van der Waals surface area contributed by atoms with E-state index in [1.54, 1.807) is 0 Å². The zero-order chi connectivity index (χ0) is 20.8. The molecule has 1 N–H and O–H groups in total. The van der Waals surface area contributed by atoms with Gasteiger partial charge < -0.3 is 0 Å². The fourth-order valence-electron chi connectivity index (χ4n) is 2.69. The Labute approximate surface area is 182 Å². The van der Waals surface area contributed by atoms with Gasteiger partial charge in [-0.2, -0.15) is 0 Å². The molecule has 9 heteroatoms. The van der Waals surface area contributed by atoms with E-state index in [1.807, 2.05) is 67.6 Å². The molecule has 0 bridgehead atoms. The van der Waals surface area contributed by atoms with Gasteiger partial charge in [-0.3, -0.25) is 10.1 Å². The topological polar surface area (TPSA) is 93.6 Å². The van der Waals surface area contributed by atoms with Gasteiger partial charge >= 0.3 is 0 Å². The smallest absolute Gasteiger partial charge is 0.236 e. The minimum Gasteiger partial charge on any atom is -0.300 e. The van der Waals surface area contributed by atoms with Crippen molar-refractivity contribution < 1.29 is 4.79 Å². The van der Waals surface area contributed by atoms with Crippen molar-refractivity contribution in [1.82, 2.24) is 25.4 Å². The van der Waals surface area contributed by atoms with Crippen LogP contribution in [0.25, 0.3) is 22.5 Å². The third-order valence-corrected chi connectivity index (χ3v) is 5.93. The van der Waals surface area contributed by atoms with Gasteiger partial charge in [-0.05, 0) is 6.42 Å². The summed E-state index contributed by atoms with van der Waals surface area (Å²) in [7, 11) is 0. The van der Waals surface area contributed by atoms with E-state index in [1.165, 1.54) is 23.1 Å². The molecule has 2 aromatic carbocycles. The molecule has 0 aliphatic rings. The molecule has 4 rings (SSSR count). The molecule has 0 fully saturated rings. The average Bonchev–Trinajstić information content (AvgIpc) is 3.26. The maximum atomic E-state index is 12.3. The Hall–Kier alpha value is -3.17. The third-order valence-electron chi connectivity index (χ3n) is 4.11. The molecular weight excluding hydrogens is 416 g/mol. The van der Waals surface area contributed by atoms with Gasteiger partial charge in [0.25, 0.3) is 0 Å². The number of benzene rings is 2. The SMILES string of the molecule is CCc1nnc(NC(=O)CSc2nnc(-c3ccccc3)c(-c3ccccc3)n2)s1. The third kappa shape index (κ3) is 4.87. The fourth-order valence-corrected chi connectivity index (χ4v) is 3.97. The number of anilines is 1. The summed E-state index contributed by atoms with van der Waals surface area (Å²) >= 11 is 2.61. The monoisotopic (exact) mass is 434 g/mol. The van der Waals surface area contributed by atoms with Crippen LogP contribution >= 0.6 is 23.1 Å². The largest absolute Gasteiger partial charge is 0.300 e. The van der Waals surface area contributed by atoms with Crippen molar-refractivity contribution in [1.29, 1.82) is 0 Å². The van der Waals surface area contributed by atoms with Gasteiger partial charge in [0.1, 0.15) is 16.4 Å². The highest BCUT2D eigenvalue weighted by Gasteiger charge is 2.15. The number of amides is 1. The van der Waals surface area contributed by atoms with Gasteiger partial charge in [0.2, 0.25) is 16.2 Å². The van der Waals surface area contributed by atoms with Crippen molar-refractivity contribution in [2.24, 2.45) is 0 Å². The number of carbonyl (C=O) groups excluding carboxylic acids is 1. The number of aromatic nitrogens is 5. The van der Waals surface area contributed by atoms with Gasteiger partial charge in [0, 0.05) is 11.1 Å². The predicted octanol–water partition coefficient (Wildman–Crippen LogP) is 4.35. The molecule has 7 nitrogen and oxygen atoms in total. The first-order chi connectivity index (χ1) is 14.7. The lowest BCUT2D eigenvalue weighted by molar-refractivity contribution is -0.113. The summed E-state index contributed by atoms with van der Waals surface area (Å²) in [5.74, 6) is -0.0300. The molecule has 0 spiro atoms. The predicted molar refractivity (Wildman–Crippen MR) is 119 cm³/mol. The molecule has 150 valence electrons. The van der Waals surface area contributed by atoms with E-state index >= 15 is 0 Å². The standard InChI is InChI=1S/C21H18N6OS2/c1-2-17-24-27-21(30-17)22-16(28)13-29-20-23-18(14-9-5-3-6-10-14)19(25-26-20)15-11-7-4-8-12-15/h3-12H,2,13H2,1H3,(H,22,27,28). The molecule has 2 aromatic heterocycles. The number of nitrogens with zero attached hydrogens (tertiary/aromatic N) is 5. The van der Waals surface area contributed by atoms with E-state index in [0.29, 0.717) is 16.0 Å². The van der Waals surface area contributed by atoms with Crippen molar-refractivity contribution >= 4 is 34.1 Å². The highest BCUT2D eigenvalue weighted by molar-refractivity contribution is 7.99. The number of thioether (sulfide) groups is 1. The lowest BCUT2D eigenvalue weighted by atomic mass is 10.0. The minimum absolute atomic E-state index is 0.154. The van der Waals surface area contributed by atoms with E-state index in [-0.39, 0.29) is 11.7 Å². The second-order valence-electron chi connectivity index (χ2n) is 6.22. The van der Waals surface area contributed by atoms with Crippen molar-refractivity contribution in [2.45, 2.75) is 18.5 Å². The maximum absolute atomic E-state index is 12.3. The highest BCUT2D eigenvalue weighted by Crippen LogP contribution is 2.29. The van der Waals surface area contributed by atoms with E-state index < -0.39 is 0 Å². The first kappa shape index (κ1) is 20.1. The van der Waals surface area contributed by atoms with Gasteiger partial charge in [0.15, 0.2) is 0 Å². The molecule has 0 aliphatic heterocycles. The molecular formula is C21H18N6OS2. The molecule has 0 atom stereocenters. The van der Waals surface area contributed by atoms with Gasteiger partial charge in [0.05, 0.1) is 5.75 Å². The number of aryl methyl sites for hydroxylation is 1. The van der Waals surface area contributed by atoms with Gasteiger partial charge in [-0.15, -0.1) is 20.4 Å². The molecule has 0 saturated carbocycles. The van der Waals surface area contributed by atoms with E-state index in [0.717, 1.165) is 28.2 Å². The van der Waals surface area contributed by atoms with Crippen LogP contribution in [-0.4, -0.2) is 37.0 Å². The number of carbonyl (C=O) groups is 1. The van der Waals surface area contributed by atoms with Crippen molar-refractivity contribution in [3.63, 3.8) is 0 Å².